The van der Waals surface area contributed by atoms with Gasteiger partial charge in [0.15, 0.2) is 0 Å². The van der Waals surface area contributed by atoms with Crippen molar-refractivity contribution in [3.8, 4) is 11.8 Å². The first-order valence-electron chi connectivity index (χ1n) is 5.56. The van der Waals surface area contributed by atoms with E-state index in [1.165, 1.54) is 7.11 Å². The topological polar surface area (TPSA) is 76.1 Å². The van der Waals surface area contributed by atoms with Crippen molar-refractivity contribution >= 4 is 10.8 Å². The summed E-state index contributed by atoms with van der Waals surface area (Å²) in [6.45, 7) is 3.69. The molecule has 5 heteroatoms. The number of nitriles is 1. The molecule has 0 bridgehead atoms. The van der Waals surface area contributed by atoms with Crippen LogP contribution in [0.1, 0.15) is 25.0 Å². The fourth-order valence-electron chi connectivity index (χ4n) is 1.58. The number of hydrogen-bond donors (Lipinski definition) is 1. The standard InChI is InChI=1S/C13H18N2O2S/c1-13(2,15)9-18(16)8-10-4-5-12(17-3)11(6-10)7-14/h4-6H,8-9,15H2,1-3H3. The normalized spacial score (nSPS) is 12.8. The van der Waals surface area contributed by atoms with Crippen molar-refractivity contribution in [2.45, 2.75) is 25.1 Å². The van der Waals surface area contributed by atoms with Gasteiger partial charge in [0.25, 0.3) is 0 Å². The van der Waals surface area contributed by atoms with Crippen LogP contribution in [0.5, 0.6) is 5.75 Å². The zero-order valence-corrected chi connectivity index (χ0v) is 11.7. The molecule has 18 heavy (non-hydrogen) atoms. The maximum atomic E-state index is 11.9. The molecule has 1 aromatic carbocycles. The highest BCUT2D eigenvalue weighted by Crippen LogP contribution is 2.20. The largest absolute Gasteiger partial charge is 0.495 e. The highest BCUT2D eigenvalue weighted by molar-refractivity contribution is 7.84. The molecule has 0 aromatic heterocycles. The van der Waals surface area contributed by atoms with Gasteiger partial charge in [-0.1, -0.05) is 6.07 Å². The number of ether oxygens (including phenoxy) is 1. The van der Waals surface area contributed by atoms with Crippen LogP contribution in [0, 0.1) is 11.3 Å². The number of benzene rings is 1. The average molecular weight is 266 g/mol. The smallest absolute Gasteiger partial charge is 0.136 e. The third-order valence-electron chi connectivity index (χ3n) is 2.24. The van der Waals surface area contributed by atoms with Gasteiger partial charge in [-0.15, -0.1) is 0 Å². The van der Waals surface area contributed by atoms with Crippen LogP contribution in [0.3, 0.4) is 0 Å². The molecule has 0 heterocycles. The molecule has 0 spiro atoms. The molecule has 1 rings (SSSR count). The van der Waals surface area contributed by atoms with Gasteiger partial charge in [-0.05, 0) is 31.5 Å². The van der Waals surface area contributed by atoms with E-state index in [1.54, 1.807) is 12.1 Å². The lowest BCUT2D eigenvalue weighted by molar-refractivity contribution is 0.413. The van der Waals surface area contributed by atoms with Crippen molar-refractivity contribution in [2.24, 2.45) is 5.73 Å². The van der Waals surface area contributed by atoms with Crippen LogP contribution in [0.25, 0.3) is 0 Å². The lowest BCUT2D eigenvalue weighted by atomic mass is 10.1. The van der Waals surface area contributed by atoms with E-state index in [1.807, 2.05) is 19.9 Å². The van der Waals surface area contributed by atoms with E-state index < -0.39 is 16.3 Å². The zero-order valence-electron chi connectivity index (χ0n) is 10.9. The van der Waals surface area contributed by atoms with Gasteiger partial charge in [0.1, 0.15) is 11.8 Å². The summed E-state index contributed by atoms with van der Waals surface area (Å²) in [7, 11) is 0.484. The minimum Gasteiger partial charge on any atom is -0.495 e. The summed E-state index contributed by atoms with van der Waals surface area (Å²) < 4.78 is 17.0. The van der Waals surface area contributed by atoms with Crippen LogP contribution in [0.2, 0.25) is 0 Å². The Bertz CT molecular complexity index is 487. The Morgan fingerprint density at radius 1 is 1.50 bits per heavy atom. The van der Waals surface area contributed by atoms with E-state index >= 15 is 0 Å². The van der Waals surface area contributed by atoms with E-state index in [0.717, 1.165) is 5.56 Å². The number of nitrogens with zero attached hydrogens (tertiary/aromatic N) is 1. The Morgan fingerprint density at radius 2 is 2.17 bits per heavy atom. The van der Waals surface area contributed by atoms with Crippen molar-refractivity contribution in [1.82, 2.24) is 0 Å². The molecule has 0 aliphatic carbocycles. The van der Waals surface area contributed by atoms with Gasteiger partial charge in [0.2, 0.25) is 0 Å². The van der Waals surface area contributed by atoms with Gasteiger partial charge in [-0.3, -0.25) is 4.21 Å². The first-order valence-corrected chi connectivity index (χ1v) is 7.05. The zero-order chi connectivity index (χ0) is 13.8. The predicted octanol–water partition coefficient (Wildman–Crippen LogP) is 1.55. The molecule has 0 saturated carbocycles. The molecule has 0 radical (unpaired) electrons. The summed E-state index contributed by atoms with van der Waals surface area (Å²) in [6.07, 6.45) is 0. The molecule has 0 aliphatic heterocycles. The van der Waals surface area contributed by atoms with E-state index in [9.17, 15) is 4.21 Å². The molecule has 0 amide bonds. The van der Waals surface area contributed by atoms with Crippen molar-refractivity contribution < 1.29 is 8.95 Å². The quantitative estimate of drug-likeness (QED) is 0.877. The van der Waals surface area contributed by atoms with E-state index in [2.05, 4.69) is 6.07 Å². The molecule has 1 atom stereocenters. The van der Waals surface area contributed by atoms with Crippen molar-refractivity contribution in [2.75, 3.05) is 12.9 Å². The molecule has 0 fully saturated rings. The van der Waals surface area contributed by atoms with Gasteiger partial charge >= 0.3 is 0 Å². The van der Waals surface area contributed by atoms with Crippen LogP contribution >= 0.6 is 0 Å². The summed E-state index contributed by atoms with van der Waals surface area (Å²) in [6, 6.07) is 7.31. The Morgan fingerprint density at radius 3 is 2.67 bits per heavy atom. The second-order valence-electron chi connectivity index (χ2n) is 4.86. The predicted molar refractivity (Wildman–Crippen MR) is 72.7 cm³/mol. The molecule has 0 saturated heterocycles. The molecule has 98 valence electrons. The molecular formula is C13H18N2O2S. The number of hydrogen-bond acceptors (Lipinski definition) is 4. The van der Waals surface area contributed by atoms with Crippen molar-refractivity contribution in [3.05, 3.63) is 29.3 Å². The van der Waals surface area contributed by atoms with Crippen LogP contribution in [-0.2, 0) is 16.6 Å². The van der Waals surface area contributed by atoms with Gasteiger partial charge < -0.3 is 10.5 Å². The minimum absolute atomic E-state index is 0.402. The summed E-state index contributed by atoms with van der Waals surface area (Å²) >= 11 is 0. The lowest BCUT2D eigenvalue weighted by Crippen LogP contribution is -2.38. The Labute approximate surface area is 110 Å². The summed E-state index contributed by atoms with van der Waals surface area (Å²) in [5, 5.41) is 8.97. The van der Waals surface area contributed by atoms with E-state index in [0.29, 0.717) is 22.8 Å². The summed E-state index contributed by atoms with van der Waals surface area (Å²) in [5.74, 6) is 1.37. The van der Waals surface area contributed by atoms with Crippen LogP contribution < -0.4 is 10.5 Å². The van der Waals surface area contributed by atoms with Gasteiger partial charge in [0.05, 0.1) is 12.7 Å². The molecule has 0 aliphatic rings. The molecule has 1 unspecified atom stereocenters. The third-order valence-corrected chi connectivity index (χ3v) is 3.97. The summed E-state index contributed by atoms with van der Waals surface area (Å²) in [4.78, 5) is 0. The average Bonchev–Trinajstić information content (AvgIpc) is 2.26. The molecule has 2 N–H and O–H groups in total. The maximum Gasteiger partial charge on any atom is 0.136 e. The second kappa shape index (κ2) is 5.98. The van der Waals surface area contributed by atoms with Gasteiger partial charge in [-0.25, -0.2) is 0 Å². The molecule has 1 aromatic rings. The third kappa shape index (κ3) is 4.47. The summed E-state index contributed by atoms with van der Waals surface area (Å²) in [5.41, 5.74) is 6.69. The van der Waals surface area contributed by atoms with Crippen LogP contribution in [0.4, 0.5) is 0 Å². The van der Waals surface area contributed by atoms with Crippen molar-refractivity contribution in [1.29, 1.82) is 5.26 Å². The fourth-order valence-corrected chi connectivity index (χ4v) is 3.07. The number of nitrogens with two attached hydrogens (primary N) is 1. The molecular weight excluding hydrogens is 248 g/mol. The van der Waals surface area contributed by atoms with Gasteiger partial charge in [0, 0.05) is 27.8 Å². The second-order valence-corrected chi connectivity index (χ2v) is 6.32. The van der Waals surface area contributed by atoms with Crippen LogP contribution in [-0.4, -0.2) is 22.6 Å². The Kier molecular flexibility index (Phi) is 4.88. The van der Waals surface area contributed by atoms with E-state index in [4.69, 9.17) is 15.7 Å². The first kappa shape index (κ1) is 14.7. The highest BCUT2D eigenvalue weighted by atomic mass is 32.2. The maximum absolute atomic E-state index is 11.9. The number of methoxy groups -OCH3 is 1. The minimum atomic E-state index is -1.03. The van der Waals surface area contributed by atoms with Gasteiger partial charge in [-0.2, -0.15) is 5.26 Å². The van der Waals surface area contributed by atoms with Crippen LogP contribution in [0.15, 0.2) is 18.2 Å². The van der Waals surface area contributed by atoms with E-state index in [-0.39, 0.29) is 0 Å². The first-order chi connectivity index (χ1) is 8.35. The Hall–Kier alpha value is -1.38. The fraction of sp³-hybridized carbons (Fsp3) is 0.462. The lowest BCUT2D eigenvalue weighted by Gasteiger charge is -2.17. The SMILES string of the molecule is COc1ccc(CS(=O)CC(C)(C)N)cc1C#N. The molecule has 4 nitrogen and oxygen atoms in total. The highest BCUT2D eigenvalue weighted by Gasteiger charge is 2.16. The monoisotopic (exact) mass is 266 g/mol. The van der Waals surface area contributed by atoms with Crippen molar-refractivity contribution in [3.63, 3.8) is 0 Å². The number of rotatable bonds is 5. The Balaban J connectivity index is 2.81.